The highest BCUT2D eigenvalue weighted by atomic mass is 19.1. The Hall–Kier alpha value is -1.95. The van der Waals surface area contributed by atoms with Crippen LogP contribution in [0.15, 0.2) is 24.4 Å². The minimum Gasteiger partial charge on any atom is -0.398 e. The molecule has 84 valence electrons. The van der Waals surface area contributed by atoms with E-state index < -0.39 is 11.9 Å². The minimum absolute atomic E-state index is 0.311. The first-order chi connectivity index (χ1) is 7.59. The molecular weight excluding hydrogens is 211 g/mol. The van der Waals surface area contributed by atoms with E-state index >= 15 is 0 Å². The molecule has 1 aromatic heterocycles. The van der Waals surface area contributed by atoms with Gasteiger partial charge in [0.25, 0.3) is 0 Å². The number of nitrogens with zero attached hydrogens (tertiary/aromatic N) is 3. The molecular formula is C10H11FN4O. The van der Waals surface area contributed by atoms with E-state index in [2.05, 4.69) is 10.3 Å². The van der Waals surface area contributed by atoms with Gasteiger partial charge in [0.15, 0.2) is 0 Å². The molecule has 0 radical (unpaired) electrons. The molecule has 16 heavy (non-hydrogen) atoms. The molecule has 0 bridgehead atoms. The van der Waals surface area contributed by atoms with E-state index in [-0.39, 0.29) is 0 Å². The van der Waals surface area contributed by atoms with Crippen LogP contribution in [0.4, 0.5) is 10.1 Å². The van der Waals surface area contributed by atoms with Gasteiger partial charge in [-0.3, -0.25) is 0 Å². The topological polar surface area (TPSA) is 77.0 Å². The molecule has 0 amide bonds. The average Bonchev–Trinajstić information content (AvgIpc) is 2.67. The molecule has 1 heterocycles. The maximum atomic E-state index is 13.0. The van der Waals surface area contributed by atoms with E-state index in [0.717, 1.165) is 0 Å². The number of rotatable bonds is 2. The Balaban J connectivity index is 2.45. The van der Waals surface area contributed by atoms with Crippen LogP contribution in [0.2, 0.25) is 0 Å². The predicted octanol–water partition coefficient (Wildman–Crippen LogP) is 0.618. The Kier molecular flexibility index (Phi) is 2.57. The first-order valence-corrected chi connectivity index (χ1v) is 4.67. The van der Waals surface area contributed by atoms with Gasteiger partial charge in [-0.05, 0) is 18.2 Å². The second-order valence-corrected chi connectivity index (χ2v) is 3.46. The van der Waals surface area contributed by atoms with Crippen LogP contribution in [0, 0.1) is 5.82 Å². The number of halogens is 1. The molecule has 1 atom stereocenters. The van der Waals surface area contributed by atoms with Gasteiger partial charge in [-0.1, -0.05) is 5.21 Å². The number of hydrogen-bond donors (Lipinski definition) is 2. The molecule has 0 saturated heterocycles. The van der Waals surface area contributed by atoms with Crippen molar-refractivity contribution in [2.45, 2.75) is 6.10 Å². The lowest BCUT2D eigenvalue weighted by Gasteiger charge is -2.12. The quantitative estimate of drug-likeness (QED) is 0.730. The van der Waals surface area contributed by atoms with Crippen molar-refractivity contribution in [3.8, 4) is 0 Å². The van der Waals surface area contributed by atoms with Gasteiger partial charge < -0.3 is 10.8 Å². The first kappa shape index (κ1) is 10.6. The fourth-order valence-electron chi connectivity index (χ4n) is 1.49. The summed E-state index contributed by atoms with van der Waals surface area (Å²) in [6.07, 6.45) is 0.380. The molecule has 0 aliphatic carbocycles. The predicted molar refractivity (Wildman–Crippen MR) is 55.9 cm³/mol. The summed E-state index contributed by atoms with van der Waals surface area (Å²) in [5.41, 5.74) is 6.76. The average molecular weight is 222 g/mol. The summed E-state index contributed by atoms with van der Waals surface area (Å²) in [4.78, 5) is 0. The monoisotopic (exact) mass is 222 g/mol. The maximum Gasteiger partial charge on any atom is 0.124 e. The van der Waals surface area contributed by atoms with E-state index in [4.69, 9.17) is 5.73 Å². The number of aromatic nitrogens is 3. The van der Waals surface area contributed by atoms with Crippen molar-refractivity contribution in [3.63, 3.8) is 0 Å². The Labute approximate surface area is 91.3 Å². The Morgan fingerprint density at radius 1 is 1.50 bits per heavy atom. The van der Waals surface area contributed by atoms with E-state index in [0.29, 0.717) is 16.9 Å². The largest absolute Gasteiger partial charge is 0.398 e. The van der Waals surface area contributed by atoms with Crippen molar-refractivity contribution in [2.24, 2.45) is 7.05 Å². The number of aliphatic hydroxyl groups excluding tert-OH is 1. The molecule has 3 N–H and O–H groups in total. The van der Waals surface area contributed by atoms with Crippen molar-refractivity contribution in [3.05, 3.63) is 41.5 Å². The van der Waals surface area contributed by atoms with Gasteiger partial charge in [0.05, 0.1) is 11.9 Å². The zero-order chi connectivity index (χ0) is 11.7. The smallest absolute Gasteiger partial charge is 0.124 e. The molecule has 6 heteroatoms. The van der Waals surface area contributed by atoms with Crippen LogP contribution in [0.25, 0.3) is 0 Å². The third kappa shape index (κ3) is 1.74. The van der Waals surface area contributed by atoms with Crippen LogP contribution >= 0.6 is 0 Å². The van der Waals surface area contributed by atoms with Crippen molar-refractivity contribution in [1.82, 2.24) is 15.0 Å². The number of nitrogens with two attached hydrogens (primary N) is 1. The van der Waals surface area contributed by atoms with Crippen molar-refractivity contribution in [2.75, 3.05) is 5.73 Å². The zero-order valence-corrected chi connectivity index (χ0v) is 8.63. The summed E-state index contributed by atoms with van der Waals surface area (Å²) >= 11 is 0. The summed E-state index contributed by atoms with van der Waals surface area (Å²) in [6, 6.07) is 3.86. The number of nitrogen functional groups attached to an aromatic ring is 1. The minimum atomic E-state index is -1.03. The fraction of sp³-hybridized carbons (Fsp3) is 0.200. The molecule has 2 rings (SSSR count). The van der Waals surface area contributed by atoms with Crippen molar-refractivity contribution in [1.29, 1.82) is 0 Å². The van der Waals surface area contributed by atoms with Gasteiger partial charge in [0, 0.05) is 18.3 Å². The molecule has 1 aromatic carbocycles. The third-order valence-corrected chi connectivity index (χ3v) is 2.37. The number of benzene rings is 1. The van der Waals surface area contributed by atoms with Gasteiger partial charge in [0.1, 0.15) is 11.9 Å². The zero-order valence-electron chi connectivity index (χ0n) is 8.63. The van der Waals surface area contributed by atoms with Gasteiger partial charge in [-0.15, -0.1) is 5.10 Å². The van der Waals surface area contributed by atoms with Crippen molar-refractivity contribution >= 4 is 5.69 Å². The van der Waals surface area contributed by atoms with Crippen LogP contribution in [-0.4, -0.2) is 20.1 Å². The normalized spacial score (nSPS) is 12.7. The highest BCUT2D eigenvalue weighted by Crippen LogP contribution is 2.26. The van der Waals surface area contributed by atoms with Gasteiger partial charge in [0.2, 0.25) is 0 Å². The molecule has 0 aliphatic heterocycles. The highest BCUT2D eigenvalue weighted by molar-refractivity contribution is 5.49. The van der Waals surface area contributed by atoms with Crippen LogP contribution in [0.3, 0.4) is 0 Å². The molecule has 0 spiro atoms. The van der Waals surface area contributed by atoms with Crippen molar-refractivity contribution < 1.29 is 9.50 Å². The Morgan fingerprint density at radius 2 is 2.25 bits per heavy atom. The lowest BCUT2D eigenvalue weighted by atomic mass is 10.0. The standard InChI is InChI=1S/C10H11FN4O/c1-15-9(5-13-14-15)10(16)7-4-6(11)2-3-8(7)12/h2-5,10,16H,12H2,1H3. The Bertz CT molecular complexity index is 511. The molecule has 1 unspecified atom stereocenters. The third-order valence-electron chi connectivity index (χ3n) is 2.37. The molecule has 2 aromatic rings. The highest BCUT2D eigenvalue weighted by Gasteiger charge is 2.17. The second kappa shape index (κ2) is 3.90. The van der Waals surface area contributed by atoms with Gasteiger partial charge >= 0.3 is 0 Å². The van der Waals surface area contributed by atoms with Gasteiger partial charge in [-0.2, -0.15) is 0 Å². The summed E-state index contributed by atoms with van der Waals surface area (Å²) in [6.45, 7) is 0. The summed E-state index contributed by atoms with van der Waals surface area (Å²) in [5, 5.41) is 17.3. The van der Waals surface area contributed by atoms with E-state index in [1.807, 2.05) is 0 Å². The SMILES string of the molecule is Cn1nncc1C(O)c1cc(F)ccc1N. The molecule has 0 saturated carbocycles. The van der Waals surface area contributed by atoms with Crippen LogP contribution in [-0.2, 0) is 7.05 Å². The Morgan fingerprint density at radius 3 is 2.88 bits per heavy atom. The summed E-state index contributed by atoms with van der Waals surface area (Å²) < 4.78 is 14.5. The van der Waals surface area contributed by atoms with E-state index in [1.54, 1.807) is 7.05 Å². The second-order valence-electron chi connectivity index (χ2n) is 3.46. The fourth-order valence-corrected chi connectivity index (χ4v) is 1.49. The molecule has 5 nitrogen and oxygen atoms in total. The summed E-state index contributed by atoms with van der Waals surface area (Å²) in [7, 11) is 1.64. The first-order valence-electron chi connectivity index (χ1n) is 4.67. The van der Waals surface area contributed by atoms with Gasteiger partial charge in [-0.25, -0.2) is 9.07 Å². The van der Waals surface area contributed by atoms with Crippen LogP contribution in [0.1, 0.15) is 17.4 Å². The number of hydrogen-bond acceptors (Lipinski definition) is 4. The van der Waals surface area contributed by atoms with E-state index in [1.165, 1.54) is 29.1 Å². The maximum absolute atomic E-state index is 13.0. The number of aliphatic hydroxyl groups is 1. The lowest BCUT2D eigenvalue weighted by molar-refractivity contribution is 0.210. The van der Waals surface area contributed by atoms with E-state index in [9.17, 15) is 9.50 Å². The molecule has 0 aliphatic rings. The number of aryl methyl sites for hydroxylation is 1. The molecule has 0 fully saturated rings. The van der Waals surface area contributed by atoms with Crippen LogP contribution < -0.4 is 5.73 Å². The summed E-state index contributed by atoms with van der Waals surface area (Å²) in [5.74, 6) is -0.446. The van der Waals surface area contributed by atoms with Crippen LogP contribution in [0.5, 0.6) is 0 Å². The lowest BCUT2D eigenvalue weighted by Crippen LogP contribution is -2.09. The number of anilines is 1.